The summed E-state index contributed by atoms with van der Waals surface area (Å²) in [5.74, 6) is 0. The maximum Gasteiger partial charge on any atom is 0.109 e. The fourth-order valence-corrected chi connectivity index (χ4v) is 4.70. The van der Waals surface area contributed by atoms with Crippen molar-refractivity contribution in [2.75, 3.05) is 26.7 Å². The second-order valence-corrected chi connectivity index (χ2v) is 8.52. The number of likely N-dealkylation sites (N-methyl/N-ethyl adjacent to an activating group) is 1. The minimum atomic E-state index is 0.220. The van der Waals surface area contributed by atoms with Gasteiger partial charge in [0.2, 0.25) is 0 Å². The van der Waals surface area contributed by atoms with E-state index in [9.17, 15) is 0 Å². The Balaban J connectivity index is 1.40. The minimum absolute atomic E-state index is 0.220. The summed E-state index contributed by atoms with van der Waals surface area (Å²) in [4.78, 5) is 9.53. The number of rotatable bonds is 4. The first kappa shape index (κ1) is 18.4. The van der Waals surface area contributed by atoms with E-state index in [1.807, 2.05) is 17.5 Å². The molecule has 4 aromatic rings. The average Bonchev–Trinajstić information content (AvgIpc) is 3.39. The van der Waals surface area contributed by atoms with Crippen molar-refractivity contribution in [2.45, 2.75) is 19.5 Å². The number of hydrogen-bond donors (Lipinski definition) is 0. The normalized spacial score (nSPS) is 18.5. The van der Waals surface area contributed by atoms with E-state index in [-0.39, 0.29) is 6.04 Å². The zero-order chi connectivity index (χ0) is 19.8. The monoisotopic (exact) mass is 404 g/mol. The Hall–Kier alpha value is -2.61. The molecule has 1 aliphatic heterocycles. The maximum atomic E-state index is 4.67. The lowest BCUT2D eigenvalue weighted by molar-refractivity contribution is 0.0880. The molecule has 0 bridgehead atoms. The molecule has 0 spiro atoms. The molecule has 29 heavy (non-hydrogen) atoms. The van der Waals surface area contributed by atoms with E-state index in [1.54, 1.807) is 11.3 Å². The van der Waals surface area contributed by atoms with Crippen molar-refractivity contribution < 1.29 is 0 Å². The summed E-state index contributed by atoms with van der Waals surface area (Å²) >= 11 is 1.71. The van der Waals surface area contributed by atoms with Crippen molar-refractivity contribution in [1.82, 2.24) is 29.6 Å². The molecule has 5 heterocycles. The first-order chi connectivity index (χ1) is 14.2. The predicted molar refractivity (Wildman–Crippen MR) is 116 cm³/mol. The van der Waals surface area contributed by atoms with Crippen molar-refractivity contribution in [2.24, 2.45) is 0 Å². The van der Waals surface area contributed by atoms with Gasteiger partial charge in [0.15, 0.2) is 0 Å². The standard InChI is InChI=1S/C22H24N6S/c1-16-4-3-5-19(23-16)13-27-10-9-26(2)21(14-27)22-20-7-6-17(12-28(20)25-24-22)18-8-11-29-15-18/h3-8,11-12,15,21H,9-10,13-14H2,1-2H3/t21-/m1/s1. The summed E-state index contributed by atoms with van der Waals surface area (Å²) in [6.45, 7) is 5.87. The van der Waals surface area contributed by atoms with Crippen LogP contribution in [-0.2, 0) is 6.54 Å². The highest BCUT2D eigenvalue weighted by atomic mass is 32.1. The van der Waals surface area contributed by atoms with Crippen molar-refractivity contribution in [3.05, 3.63) is 70.4 Å². The van der Waals surface area contributed by atoms with Crippen LogP contribution in [0, 0.1) is 6.92 Å². The van der Waals surface area contributed by atoms with E-state index >= 15 is 0 Å². The largest absolute Gasteiger partial charge is 0.295 e. The van der Waals surface area contributed by atoms with Gasteiger partial charge in [-0.2, -0.15) is 11.3 Å². The van der Waals surface area contributed by atoms with Gasteiger partial charge in [-0.3, -0.25) is 14.8 Å². The Morgan fingerprint density at radius 2 is 2.03 bits per heavy atom. The number of aromatic nitrogens is 4. The Bertz CT molecular complexity index is 1120. The molecule has 0 N–H and O–H groups in total. The smallest absolute Gasteiger partial charge is 0.109 e. The van der Waals surface area contributed by atoms with E-state index < -0.39 is 0 Å². The minimum Gasteiger partial charge on any atom is -0.295 e. The highest BCUT2D eigenvalue weighted by Crippen LogP contribution is 2.28. The van der Waals surface area contributed by atoms with Crippen molar-refractivity contribution in [1.29, 1.82) is 0 Å². The number of hydrogen-bond acceptors (Lipinski definition) is 6. The Morgan fingerprint density at radius 1 is 1.10 bits per heavy atom. The Morgan fingerprint density at radius 3 is 2.86 bits per heavy atom. The van der Waals surface area contributed by atoms with Gasteiger partial charge in [0.25, 0.3) is 0 Å². The molecule has 0 amide bonds. The Labute approximate surface area is 174 Å². The van der Waals surface area contributed by atoms with E-state index in [0.717, 1.165) is 48.8 Å². The molecule has 0 aliphatic carbocycles. The van der Waals surface area contributed by atoms with Crippen molar-refractivity contribution >= 4 is 16.9 Å². The molecule has 1 fully saturated rings. The molecule has 1 aliphatic rings. The highest BCUT2D eigenvalue weighted by molar-refractivity contribution is 7.08. The van der Waals surface area contributed by atoms with Crippen LogP contribution in [0.5, 0.6) is 0 Å². The average molecular weight is 405 g/mol. The van der Waals surface area contributed by atoms with Crippen LogP contribution in [0.1, 0.15) is 23.1 Å². The van der Waals surface area contributed by atoms with Gasteiger partial charge in [-0.1, -0.05) is 17.3 Å². The van der Waals surface area contributed by atoms with Crippen LogP contribution in [0.4, 0.5) is 0 Å². The number of aryl methyl sites for hydroxylation is 1. The van der Waals surface area contributed by atoms with Gasteiger partial charge in [-0.25, -0.2) is 4.52 Å². The summed E-state index contributed by atoms with van der Waals surface area (Å²) in [5.41, 5.74) is 6.71. The van der Waals surface area contributed by atoms with Gasteiger partial charge >= 0.3 is 0 Å². The van der Waals surface area contributed by atoms with Crippen molar-refractivity contribution in [3.8, 4) is 11.1 Å². The van der Waals surface area contributed by atoms with Crippen LogP contribution < -0.4 is 0 Å². The van der Waals surface area contributed by atoms with Gasteiger partial charge in [-0.05, 0) is 54.6 Å². The van der Waals surface area contributed by atoms with Crippen LogP contribution in [0.3, 0.4) is 0 Å². The van der Waals surface area contributed by atoms with Gasteiger partial charge in [0.05, 0.1) is 17.3 Å². The lowest BCUT2D eigenvalue weighted by atomic mass is 10.1. The van der Waals surface area contributed by atoms with Crippen LogP contribution in [0.25, 0.3) is 16.6 Å². The second-order valence-electron chi connectivity index (χ2n) is 7.74. The number of fused-ring (bicyclic) bond motifs is 1. The molecule has 0 aromatic carbocycles. The number of piperazine rings is 1. The fourth-order valence-electron chi connectivity index (χ4n) is 4.04. The third-order valence-corrected chi connectivity index (χ3v) is 6.36. The van der Waals surface area contributed by atoms with Crippen LogP contribution >= 0.6 is 11.3 Å². The molecular formula is C22H24N6S. The summed E-state index contributed by atoms with van der Waals surface area (Å²) in [5, 5.41) is 13.3. The lowest BCUT2D eigenvalue weighted by Gasteiger charge is -2.38. The number of nitrogens with zero attached hydrogens (tertiary/aromatic N) is 6. The molecule has 5 rings (SSSR count). The van der Waals surface area contributed by atoms with Gasteiger partial charge in [0, 0.05) is 43.6 Å². The van der Waals surface area contributed by atoms with Gasteiger partial charge < -0.3 is 0 Å². The zero-order valence-electron chi connectivity index (χ0n) is 16.7. The first-order valence-corrected chi connectivity index (χ1v) is 10.8. The topological polar surface area (TPSA) is 49.6 Å². The zero-order valence-corrected chi connectivity index (χ0v) is 17.5. The summed E-state index contributed by atoms with van der Waals surface area (Å²) in [6, 6.07) is 12.9. The second kappa shape index (κ2) is 7.67. The van der Waals surface area contributed by atoms with Gasteiger partial charge in [-0.15, -0.1) is 5.10 Å². The van der Waals surface area contributed by atoms with Crippen LogP contribution in [0.2, 0.25) is 0 Å². The van der Waals surface area contributed by atoms with Crippen LogP contribution in [0.15, 0.2) is 53.4 Å². The third kappa shape index (κ3) is 3.69. The summed E-state index contributed by atoms with van der Waals surface area (Å²) < 4.78 is 1.91. The molecule has 6 nitrogen and oxygen atoms in total. The molecule has 0 radical (unpaired) electrons. The first-order valence-electron chi connectivity index (χ1n) is 9.90. The summed E-state index contributed by atoms with van der Waals surface area (Å²) in [6.07, 6.45) is 2.07. The summed E-state index contributed by atoms with van der Waals surface area (Å²) in [7, 11) is 2.18. The molecule has 0 unspecified atom stereocenters. The molecule has 7 heteroatoms. The molecular weight excluding hydrogens is 380 g/mol. The quantitative estimate of drug-likeness (QED) is 0.520. The predicted octanol–water partition coefficient (Wildman–Crippen LogP) is 3.65. The molecule has 0 saturated carbocycles. The number of pyridine rings is 2. The van der Waals surface area contributed by atoms with E-state index in [2.05, 4.69) is 79.4 Å². The SMILES string of the molecule is Cc1cccc(CN2CCN(C)[C@@H](c3nnn4cc(-c5ccsc5)ccc34)C2)n1. The Kier molecular flexibility index (Phi) is 4.87. The lowest BCUT2D eigenvalue weighted by Crippen LogP contribution is -2.46. The number of thiophene rings is 1. The molecule has 148 valence electrons. The third-order valence-electron chi connectivity index (χ3n) is 5.67. The molecule has 1 saturated heterocycles. The highest BCUT2D eigenvalue weighted by Gasteiger charge is 2.29. The van der Waals surface area contributed by atoms with Crippen LogP contribution in [-0.4, -0.2) is 56.3 Å². The maximum absolute atomic E-state index is 4.67. The van der Waals surface area contributed by atoms with E-state index in [1.165, 1.54) is 11.1 Å². The molecule has 1 atom stereocenters. The van der Waals surface area contributed by atoms with Crippen molar-refractivity contribution in [3.63, 3.8) is 0 Å². The van der Waals surface area contributed by atoms with E-state index in [4.69, 9.17) is 0 Å². The fraction of sp³-hybridized carbons (Fsp3) is 0.318. The molecule has 4 aromatic heterocycles. The van der Waals surface area contributed by atoms with Gasteiger partial charge in [0.1, 0.15) is 5.69 Å². The van der Waals surface area contributed by atoms with E-state index in [0.29, 0.717) is 0 Å².